The number of allylic oxidation sites excluding steroid dienone is 2. The van der Waals surface area contributed by atoms with Crippen LogP contribution in [0.25, 0.3) is 6.08 Å². The SMILES string of the molecule is CCN(CC)c1ccc(C=c2sc3n(c2=O)C(c2ccc(OC)cc2OC)C(C(C)=O)=C(C)N=3)c(OC)c1. The highest BCUT2D eigenvalue weighted by Crippen LogP contribution is 2.37. The van der Waals surface area contributed by atoms with Gasteiger partial charge in [-0.25, -0.2) is 4.99 Å². The number of ether oxygens (including phenoxy) is 3. The van der Waals surface area contributed by atoms with Crippen molar-refractivity contribution in [3.63, 3.8) is 0 Å². The number of rotatable bonds is 9. The summed E-state index contributed by atoms with van der Waals surface area (Å²) in [5.74, 6) is 1.65. The first kappa shape index (κ1) is 27.2. The van der Waals surface area contributed by atoms with E-state index in [1.807, 2.05) is 30.3 Å². The summed E-state index contributed by atoms with van der Waals surface area (Å²) in [6.07, 6.45) is 1.82. The van der Waals surface area contributed by atoms with Gasteiger partial charge in [0.2, 0.25) is 0 Å². The third-order valence-electron chi connectivity index (χ3n) is 6.77. The first-order valence-electron chi connectivity index (χ1n) is 12.5. The fraction of sp³-hybridized carbons (Fsp3) is 0.345. The number of fused-ring (bicyclic) bond motifs is 1. The number of hydrogen-bond donors (Lipinski definition) is 0. The van der Waals surface area contributed by atoms with Crippen LogP contribution >= 0.6 is 11.3 Å². The number of carbonyl (C=O) groups is 1. The molecule has 0 spiro atoms. The van der Waals surface area contributed by atoms with Gasteiger partial charge in [-0.15, -0.1) is 0 Å². The van der Waals surface area contributed by atoms with E-state index in [0.29, 0.717) is 43.4 Å². The molecule has 1 unspecified atom stereocenters. The maximum atomic E-state index is 13.9. The molecule has 0 bridgehead atoms. The number of carbonyl (C=O) groups excluding carboxylic acids is 1. The van der Waals surface area contributed by atoms with Crippen LogP contribution in [0.3, 0.4) is 0 Å². The van der Waals surface area contributed by atoms with Gasteiger partial charge in [0.1, 0.15) is 17.2 Å². The summed E-state index contributed by atoms with van der Waals surface area (Å²) in [5.41, 5.74) is 3.32. The lowest BCUT2D eigenvalue weighted by molar-refractivity contribution is -0.114. The molecule has 1 atom stereocenters. The van der Waals surface area contributed by atoms with Gasteiger partial charge in [-0.1, -0.05) is 11.3 Å². The molecule has 2 aromatic carbocycles. The van der Waals surface area contributed by atoms with E-state index in [9.17, 15) is 9.59 Å². The monoisotopic (exact) mass is 535 g/mol. The fourth-order valence-electron chi connectivity index (χ4n) is 4.85. The standard InChI is InChI=1S/C29H33N3O5S/c1-8-31(9-2)20-11-10-19(23(15-20)36-6)14-25-28(34)32-27(22-13-12-21(35-5)16-24(22)37-7)26(18(4)33)17(3)30-29(32)38-25/h10-16,27H,8-9H2,1-7H3. The number of hydrogen-bond acceptors (Lipinski definition) is 8. The number of Topliss-reactive ketones (excluding diaryl/α,β-unsaturated/α-hetero) is 1. The van der Waals surface area contributed by atoms with Crippen molar-refractivity contribution < 1.29 is 19.0 Å². The van der Waals surface area contributed by atoms with Crippen LogP contribution in [0.2, 0.25) is 0 Å². The molecule has 38 heavy (non-hydrogen) atoms. The summed E-state index contributed by atoms with van der Waals surface area (Å²) >= 11 is 1.28. The molecule has 0 N–H and O–H groups in total. The number of aromatic nitrogens is 1. The number of methoxy groups -OCH3 is 3. The number of nitrogens with zero attached hydrogens (tertiary/aromatic N) is 3. The lowest BCUT2D eigenvalue weighted by atomic mass is 9.92. The van der Waals surface area contributed by atoms with Gasteiger partial charge < -0.3 is 19.1 Å². The van der Waals surface area contributed by atoms with E-state index in [4.69, 9.17) is 14.2 Å². The van der Waals surface area contributed by atoms with Gasteiger partial charge in [0.15, 0.2) is 10.6 Å². The topological polar surface area (TPSA) is 82.4 Å². The van der Waals surface area contributed by atoms with Crippen molar-refractivity contribution in [3.05, 3.63) is 78.5 Å². The average Bonchev–Trinajstić information content (AvgIpc) is 3.22. The van der Waals surface area contributed by atoms with Crippen LogP contribution < -0.4 is 34.0 Å². The van der Waals surface area contributed by atoms with Crippen molar-refractivity contribution in [1.29, 1.82) is 0 Å². The fourth-order valence-corrected chi connectivity index (χ4v) is 5.89. The van der Waals surface area contributed by atoms with Crippen molar-refractivity contribution in [2.75, 3.05) is 39.3 Å². The quantitative estimate of drug-likeness (QED) is 0.416. The van der Waals surface area contributed by atoms with Gasteiger partial charge in [0.05, 0.1) is 31.9 Å². The molecule has 8 nitrogen and oxygen atoms in total. The Morgan fingerprint density at radius 3 is 2.37 bits per heavy atom. The highest BCUT2D eigenvalue weighted by atomic mass is 32.1. The van der Waals surface area contributed by atoms with Crippen LogP contribution in [0.1, 0.15) is 44.9 Å². The normalized spacial score (nSPS) is 15.1. The smallest absolute Gasteiger partial charge is 0.271 e. The summed E-state index contributed by atoms with van der Waals surface area (Å²) in [6.45, 7) is 9.27. The van der Waals surface area contributed by atoms with E-state index in [-0.39, 0.29) is 11.3 Å². The Bertz CT molecular complexity index is 1580. The summed E-state index contributed by atoms with van der Waals surface area (Å²) in [5, 5.41) is 0. The molecule has 0 aliphatic carbocycles. The van der Waals surface area contributed by atoms with E-state index in [1.165, 1.54) is 18.3 Å². The minimum absolute atomic E-state index is 0.155. The third-order valence-corrected chi connectivity index (χ3v) is 7.75. The Labute approximate surface area is 226 Å². The second kappa shape index (κ2) is 11.3. The Kier molecular flexibility index (Phi) is 8.06. The molecular formula is C29H33N3O5S. The first-order valence-corrected chi connectivity index (χ1v) is 13.3. The van der Waals surface area contributed by atoms with Gasteiger partial charge in [-0.3, -0.25) is 14.2 Å². The van der Waals surface area contributed by atoms with Crippen LogP contribution in [-0.2, 0) is 4.79 Å². The lowest BCUT2D eigenvalue weighted by Gasteiger charge is -2.26. The predicted octanol–water partition coefficient (Wildman–Crippen LogP) is 3.70. The molecule has 2 heterocycles. The highest BCUT2D eigenvalue weighted by Gasteiger charge is 2.32. The molecule has 1 aliphatic rings. The van der Waals surface area contributed by atoms with Crippen molar-refractivity contribution in [3.8, 4) is 17.2 Å². The van der Waals surface area contributed by atoms with Gasteiger partial charge in [0, 0.05) is 53.3 Å². The molecule has 0 saturated heterocycles. The van der Waals surface area contributed by atoms with Crippen molar-refractivity contribution in [2.24, 2.45) is 4.99 Å². The molecule has 1 aromatic heterocycles. The summed E-state index contributed by atoms with van der Waals surface area (Å²) in [7, 11) is 4.75. The van der Waals surface area contributed by atoms with Crippen LogP contribution in [0.15, 0.2) is 57.5 Å². The van der Waals surface area contributed by atoms with Gasteiger partial charge in [0.25, 0.3) is 5.56 Å². The Balaban J connectivity index is 1.94. The number of benzene rings is 2. The molecule has 3 aromatic rings. The maximum absolute atomic E-state index is 13.9. The molecule has 0 radical (unpaired) electrons. The molecule has 4 rings (SSSR count). The average molecular weight is 536 g/mol. The van der Waals surface area contributed by atoms with Crippen LogP contribution in [0.5, 0.6) is 17.2 Å². The second-order valence-electron chi connectivity index (χ2n) is 8.84. The van der Waals surface area contributed by atoms with Crippen LogP contribution in [0.4, 0.5) is 5.69 Å². The zero-order valence-electron chi connectivity index (χ0n) is 22.8. The Morgan fingerprint density at radius 1 is 1.05 bits per heavy atom. The second-order valence-corrected chi connectivity index (χ2v) is 9.85. The van der Waals surface area contributed by atoms with Crippen molar-refractivity contribution >= 4 is 28.9 Å². The van der Waals surface area contributed by atoms with E-state index in [1.54, 1.807) is 45.0 Å². The molecule has 200 valence electrons. The minimum Gasteiger partial charge on any atom is -0.497 e. The van der Waals surface area contributed by atoms with Crippen molar-refractivity contribution in [1.82, 2.24) is 4.57 Å². The van der Waals surface area contributed by atoms with E-state index in [2.05, 4.69) is 23.7 Å². The largest absolute Gasteiger partial charge is 0.497 e. The Hall–Kier alpha value is -3.85. The summed E-state index contributed by atoms with van der Waals surface area (Å²) < 4.78 is 18.8. The predicted molar refractivity (Wildman–Crippen MR) is 151 cm³/mol. The number of anilines is 1. The van der Waals surface area contributed by atoms with Crippen LogP contribution in [-0.4, -0.2) is 44.8 Å². The summed E-state index contributed by atoms with van der Waals surface area (Å²) in [6, 6.07) is 10.7. The van der Waals surface area contributed by atoms with E-state index < -0.39 is 6.04 Å². The minimum atomic E-state index is -0.682. The molecule has 0 fully saturated rings. The van der Waals surface area contributed by atoms with E-state index in [0.717, 1.165) is 24.3 Å². The molecule has 9 heteroatoms. The van der Waals surface area contributed by atoms with E-state index >= 15 is 0 Å². The molecular weight excluding hydrogens is 502 g/mol. The summed E-state index contributed by atoms with van der Waals surface area (Å²) in [4.78, 5) is 34.1. The van der Waals surface area contributed by atoms with Gasteiger partial charge in [-0.2, -0.15) is 0 Å². The maximum Gasteiger partial charge on any atom is 0.271 e. The molecule has 0 amide bonds. The first-order chi connectivity index (χ1) is 18.3. The third kappa shape index (κ3) is 4.86. The number of thiazole rings is 1. The van der Waals surface area contributed by atoms with Crippen LogP contribution in [0, 0.1) is 0 Å². The molecule has 1 aliphatic heterocycles. The van der Waals surface area contributed by atoms with Crippen molar-refractivity contribution in [2.45, 2.75) is 33.7 Å². The number of ketones is 1. The zero-order chi connectivity index (χ0) is 27.6. The zero-order valence-corrected chi connectivity index (χ0v) is 23.6. The highest BCUT2D eigenvalue weighted by molar-refractivity contribution is 7.07. The van der Waals surface area contributed by atoms with Gasteiger partial charge >= 0.3 is 0 Å². The molecule has 0 saturated carbocycles. The van der Waals surface area contributed by atoms with Gasteiger partial charge in [-0.05, 0) is 58.0 Å². The Morgan fingerprint density at radius 2 is 1.76 bits per heavy atom. The lowest BCUT2D eigenvalue weighted by Crippen LogP contribution is -2.39.